The summed E-state index contributed by atoms with van der Waals surface area (Å²) < 4.78 is 0. The average molecular weight is 140 g/mol. The van der Waals surface area contributed by atoms with Crippen LogP contribution in [-0.4, -0.2) is 17.0 Å². The van der Waals surface area contributed by atoms with E-state index >= 15 is 0 Å². The highest BCUT2D eigenvalue weighted by molar-refractivity contribution is 5.82. The molecular weight excluding hydrogens is 128 g/mol. The second-order valence-electron chi connectivity index (χ2n) is 3.51. The van der Waals surface area contributed by atoms with Gasteiger partial charge in [0.25, 0.3) is 0 Å². The first-order valence-corrected chi connectivity index (χ1v) is 3.98. The van der Waals surface area contributed by atoms with E-state index in [-0.39, 0.29) is 12.0 Å². The highest BCUT2D eigenvalue weighted by Crippen LogP contribution is 2.38. The summed E-state index contributed by atoms with van der Waals surface area (Å²) in [7, 11) is 0. The van der Waals surface area contributed by atoms with Crippen molar-refractivity contribution >= 4 is 5.78 Å². The summed E-state index contributed by atoms with van der Waals surface area (Å²) in [6.45, 7) is 0. The topological polar surface area (TPSA) is 37.3 Å². The van der Waals surface area contributed by atoms with Crippen molar-refractivity contribution in [1.29, 1.82) is 0 Å². The van der Waals surface area contributed by atoms with Crippen LogP contribution in [0.2, 0.25) is 0 Å². The zero-order valence-corrected chi connectivity index (χ0v) is 5.92. The highest BCUT2D eigenvalue weighted by Gasteiger charge is 2.39. The van der Waals surface area contributed by atoms with Gasteiger partial charge in [-0.15, -0.1) is 0 Å². The van der Waals surface area contributed by atoms with E-state index in [2.05, 4.69) is 0 Å². The third kappa shape index (κ3) is 0.788. The lowest BCUT2D eigenvalue weighted by molar-refractivity contribution is -0.134. The standard InChI is InChI=1S/C8H12O2/c9-7-4-6-2-1-5(7)3-8(6)10/h5-7,9H,1-4H2/t5-,6-,7-/m1/s1. The van der Waals surface area contributed by atoms with Gasteiger partial charge in [-0.3, -0.25) is 4.79 Å². The van der Waals surface area contributed by atoms with Gasteiger partial charge in [-0.05, 0) is 25.2 Å². The van der Waals surface area contributed by atoms with E-state index in [9.17, 15) is 9.90 Å². The molecule has 0 aromatic heterocycles. The molecule has 0 radical (unpaired) electrons. The van der Waals surface area contributed by atoms with Crippen molar-refractivity contribution in [2.24, 2.45) is 11.8 Å². The Bertz CT molecular complexity index is 165. The summed E-state index contributed by atoms with van der Waals surface area (Å²) in [6.07, 6.45) is 3.31. The van der Waals surface area contributed by atoms with Gasteiger partial charge >= 0.3 is 0 Å². The number of ketones is 1. The molecule has 2 heteroatoms. The van der Waals surface area contributed by atoms with Crippen LogP contribution in [0.1, 0.15) is 25.7 Å². The Kier molecular flexibility index (Phi) is 1.31. The second-order valence-corrected chi connectivity index (χ2v) is 3.51. The zero-order chi connectivity index (χ0) is 7.14. The van der Waals surface area contributed by atoms with Gasteiger partial charge < -0.3 is 5.11 Å². The SMILES string of the molecule is O=C1C[C@H]2CC[C@@H]1C[C@H]2O. The van der Waals surface area contributed by atoms with Crippen LogP contribution in [0.5, 0.6) is 0 Å². The quantitative estimate of drug-likeness (QED) is 0.538. The lowest BCUT2D eigenvalue weighted by Crippen LogP contribution is -2.40. The Labute approximate surface area is 60.2 Å². The minimum atomic E-state index is -0.170. The van der Waals surface area contributed by atoms with Crippen molar-refractivity contribution in [3.05, 3.63) is 0 Å². The molecule has 0 spiro atoms. The largest absolute Gasteiger partial charge is 0.393 e. The number of carbonyl (C=O) groups is 1. The minimum absolute atomic E-state index is 0.170. The van der Waals surface area contributed by atoms with Gasteiger partial charge in [-0.1, -0.05) is 0 Å². The molecule has 0 heterocycles. The number of aliphatic hydroxyl groups is 1. The lowest BCUT2D eigenvalue weighted by Gasteiger charge is -2.38. The van der Waals surface area contributed by atoms with E-state index in [1.165, 1.54) is 0 Å². The highest BCUT2D eigenvalue weighted by atomic mass is 16.3. The Morgan fingerprint density at radius 3 is 2.50 bits per heavy atom. The molecule has 2 nitrogen and oxygen atoms in total. The van der Waals surface area contributed by atoms with E-state index in [4.69, 9.17) is 0 Å². The lowest BCUT2D eigenvalue weighted by atomic mass is 9.68. The molecule has 0 aromatic rings. The van der Waals surface area contributed by atoms with Gasteiger partial charge in [-0.25, -0.2) is 0 Å². The zero-order valence-electron chi connectivity index (χ0n) is 5.92. The van der Waals surface area contributed by atoms with Crippen LogP contribution in [0.15, 0.2) is 0 Å². The van der Waals surface area contributed by atoms with Crippen molar-refractivity contribution in [2.45, 2.75) is 31.8 Å². The Morgan fingerprint density at radius 2 is 2.20 bits per heavy atom. The van der Waals surface area contributed by atoms with Crippen LogP contribution in [-0.2, 0) is 4.79 Å². The Hall–Kier alpha value is -0.370. The van der Waals surface area contributed by atoms with E-state index in [1.807, 2.05) is 0 Å². The molecule has 3 aliphatic carbocycles. The number of carbonyl (C=O) groups excluding carboxylic acids is 1. The molecule has 56 valence electrons. The number of hydrogen-bond acceptors (Lipinski definition) is 2. The Morgan fingerprint density at radius 1 is 1.40 bits per heavy atom. The second kappa shape index (κ2) is 2.06. The molecule has 0 unspecified atom stereocenters. The maximum absolute atomic E-state index is 11.1. The monoisotopic (exact) mass is 140 g/mol. The first-order chi connectivity index (χ1) is 4.77. The molecule has 3 atom stereocenters. The third-order valence-electron chi connectivity index (χ3n) is 2.87. The van der Waals surface area contributed by atoms with Crippen LogP contribution >= 0.6 is 0 Å². The molecule has 3 fully saturated rings. The molecule has 0 aromatic carbocycles. The van der Waals surface area contributed by atoms with Gasteiger partial charge in [0.1, 0.15) is 5.78 Å². The molecule has 3 aliphatic rings. The first kappa shape index (κ1) is 6.35. The summed E-state index contributed by atoms with van der Waals surface area (Å²) in [5, 5.41) is 9.36. The van der Waals surface area contributed by atoms with E-state index in [0.29, 0.717) is 18.1 Å². The molecule has 2 bridgehead atoms. The molecule has 1 N–H and O–H groups in total. The molecule has 0 saturated heterocycles. The number of fused-ring (bicyclic) bond motifs is 3. The van der Waals surface area contributed by atoms with E-state index in [0.717, 1.165) is 19.3 Å². The Balaban J connectivity index is 2.16. The summed E-state index contributed by atoms with van der Waals surface area (Å²) in [4.78, 5) is 11.1. The van der Waals surface area contributed by atoms with Crippen molar-refractivity contribution in [1.82, 2.24) is 0 Å². The number of aliphatic hydroxyl groups excluding tert-OH is 1. The predicted octanol–water partition coefficient (Wildman–Crippen LogP) is 0.736. The van der Waals surface area contributed by atoms with Crippen molar-refractivity contribution in [3.8, 4) is 0 Å². The first-order valence-electron chi connectivity index (χ1n) is 3.98. The number of hydrogen-bond donors (Lipinski definition) is 1. The molecular formula is C8H12O2. The maximum Gasteiger partial charge on any atom is 0.136 e. The van der Waals surface area contributed by atoms with E-state index in [1.54, 1.807) is 0 Å². The third-order valence-corrected chi connectivity index (χ3v) is 2.87. The van der Waals surface area contributed by atoms with Crippen molar-refractivity contribution in [2.75, 3.05) is 0 Å². The summed E-state index contributed by atoms with van der Waals surface area (Å²) in [5.74, 6) is 0.902. The fourth-order valence-corrected chi connectivity index (χ4v) is 2.17. The minimum Gasteiger partial charge on any atom is -0.393 e. The molecule has 3 rings (SSSR count). The van der Waals surface area contributed by atoms with Crippen LogP contribution < -0.4 is 0 Å². The average Bonchev–Trinajstić information content (AvgIpc) is 1.91. The van der Waals surface area contributed by atoms with Gasteiger partial charge in [0, 0.05) is 12.3 Å². The molecule has 3 saturated carbocycles. The van der Waals surface area contributed by atoms with Crippen LogP contribution in [0.25, 0.3) is 0 Å². The summed E-state index contributed by atoms with van der Waals surface area (Å²) >= 11 is 0. The molecule has 0 amide bonds. The normalized spacial score (nSPS) is 46.1. The van der Waals surface area contributed by atoms with Crippen LogP contribution in [0.3, 0.4) is 0 Å². The van der Waals surface area contributed by atoms with Gasteiger partial charge in [-0.2, -0.15) is 0 Å². The van der Waals surface area contributed by atoms with Crippen LogP contribution in [0.4, 0.5) is 0 Å². The maximum atomic E-state index is 11.1. The van der Waals surface area contributed by atoms with Gasteiger partial charge in [0.15, 0.2) is 0 Å². The predicted molar refractivity (Wildman–Crippen MR) is 36.5 cm³/mol. The van der Waals surface area contributed by atoms with Crippen molar-refractivity contribution in [3.63, 3.8) is 0 Å². The number of Topliss-reactive ketones (excluding diaryl/α,β-unsaturated/α-hetero) is 1. The van der Waals surface area contributed by atoms with E-state index < -0.39 is 0 Å². The van der Waals surface area contributed by atoms with Crippen LogP contribution in [0, 0.1) is 11.8 Å². The van der Waals surface area contributed by atoms with Gasteiger partial charge in [0.05, 0.1) is 6.10 Å². The fourth-order valence-electron chi connectivity index (χ4n) is 2.17. The van der Waals surface area contributed by atoms with Crippen molar-refractivity contribution < 1.29 is 9.90 Å². The molecule has 0 aliphatic heterocycles. The summed E-state index contributed by atoms with van der Waals surface area (Å²) in [6, 6.07) is 0. The fraction of sp³-hybridized carbons (Fsp3) is 0.875. The smallest absolute Gasteiger partial charge is 0.136 e. The summed E-state index contributed by atoms with van der Waals surface area (Å²) in [5.41, 5.74) is 0. The number of rotatable bonds is 0. The molecule has 10 heavy (non-hydrogen) atoms. The van der Waals surface area contributed by atoms with Gasteiger partial charge in [0.2, 0.25) is 0 Å².